The zero-order valence-electron chi connectivity index (χ0n) is 15.6. The summed E-state index contributed by atoms with van der Waals surface area (Å²) in [5.41, 5.74) is 1.24. The lowest BCUT2D eigenvalue weighted by atomic mass is 10.3. The molecule has 3 rings (SSSR count). The molecule has 0 saturated carbocycles. The molecule has 2 N–H and O–H groups in total. The molecule has 2 heterocycles. The van der Waals surface area contributed by atoms with E-state index in [1.165, 1.54) is 17.8 Å². The number of rotatable bonds is 8. The lowest BCUT2D eigenvalue weighted by Crippen LogP contribution is -2.34. The number of nitrogens with one attached hydrogen (secondary N) is 1. The molecule has 9 heteroatoms. The normalized spacial score (nSPS) is 13.4. The highest BCUT2D eigenvalue weighted by Gasteiger charge is 2.30. The molecule has 0 spiro atoms. The first-order chi connectivity index (χ1) is 14.0. The number of anilines is 1. The van der Waals surface area contributed by atoms with Crippen molar-refractivity contribution in [3.8, 4) is 0 Å². The Labute approximate surface area is 171 Å². The number of hydrogen-bond acceptors (Lipinski definition) is 8. The van der Waals surface area contributed by atoms with Gasteiger partial charge in [-0.2, -0.15) is 0 Å². The van der Waals surface area contributed by atoms with E-state index >= 15 is 0 Å². The van der Waals surface area contributed by atoms with Crippen molar-refractivity contribution in [2.24, 2.45) is 0 Å². The number of nitrogens with zero attached hydrogens (tertiary/aromatic N) is 2. The molecular weight excluding hydrogens is 394 g/mol. The van der Waals surface area contributed by atoms with Crippen molar-refractivity contribution in [1.82, 2.24) is 9.88 Å². The number of β-amino-alcohol motifs (C(OH)–C–C–N with tert-alkyl or cyclic N) is 1. The predicted octanol–water partition coefficient (Wildman–Crippen LogP) is 2.07. The zero-order valence-corrected chi connectivity index (χ0v) is 16.4. The van der Waals surface area contributed by atoms with Gasteiger partial charge >= 0.3 is 5.97 Å². The molecule has 0 radical (unpaired) electrons. The molecule has 0 unspecified atom stereocenters. The van der Waals surface area contributed by atoms with E-state index in [4.69, 9.17) is 9.84 Å². The van der Waals surface area contributed by atoms with Gasteiger partial charge in [-0.05, 0) is 43.3 Å². The molecule has 1 aromatic carbocycles. The smallest absolute Gasteiger partial charge is 0.338 e. The van der Waals surface area contributed by atoms with Gasteiger partial charge in [0.25, 0.3) is 11.8 Å². The number of carbonyl (C=O) groups excluding carboxylic acids is 3. The number of aromatic nitrogens is 1. The van der Waals surface area contributed by atoms with E-state index in [-0.39, 0.29) is 18.8 Å². The van der Waals surface area contributed by atoms with E-state index in [0.717, 1.165) is 9.80 Å². The van der Waals surface area contributed by atoms with Crippen LogP contribution in [0.1, 0.15) is 17.3 Å². The second kappa shape index (κ2) is 9.35. The van der Waals surface area contributed by atoms with E-state index in [9.17, 15) is 14.4 Å². The molecule has 2 amide bonds. The van der Waals surface area contributed by atoms with Crippen molar-refractivity contribution in [2.75, 3.05) is 25.1 Å². The Morgan fingerprint density at radius 3 is 2.69 bits per heavy atom. The van der Waals surface area contributed by atoms with E-state index in [1.54, 1.807) is 37.4 Å². The van der Waals surface area contributed by atoms with Crippen molar-refractivity contribution in [3.63, 3.8) is 0 Å². The maximum absolute atomic E-state index is 12.2. The van der Waals surface area contributed by atoms with Gasteiger partial charge in [0.15, 0.2) is 0 Å². The summed E-state index contributed by atoms with van der Waals surface area (Å²) in [6.45, 7) is 1.74. The SMILES string of the molecule is CCOC(=O)c1ccnc(Sc2ccc(NC3=CC(=O)N(CCO)C3=O)cc2)c1. The fourth-order valence-electron chi connectivity index (χ4n) is 2.60. The number of imide groups is 1. The van der Waals surface area contributed by atoms with Crippen LogP contribution >= 0.6 is 11.8 Å². The minimum Gasteiger partial charge on any atom is -0.462 e. The summed E-state index contributed by atoms with van der Waals surface area (Å²) < 4.78 is 4.99. The van der Waals surface area contributed by atoms with Gasteiger partial charge in [0, 0.05) is 22.9 Å². The average molecular weight is 413 g/mol. The van der Waals surface area contributed by atoms with Crippen LogP contribution in [0, 0.1) is 0 Å². The van der Waals surface area contributed by atoms with E-state index in [0.29, 0.717) is 22.9 Å². The summed E-state index contributed by atoms with van der Waals surface area (Å²) in [7, 11) is 0. The van der Waals surface area contributed by atoms with Gasteiger partial charge in [0.05, 0.1) is 25.3 Å². The third kappa shape index (κ3) is 5.01. The highest BCUT2D eigenvalue weighted by atomic mass is 32.2. The molecule has 0 fully saturated rings. The average Bonchev–Trinajstić information content (AvgIpc) is 2.97. The monoisotopic (exact) mass is 413 g/mol. The molecule has 0 atom stereocenters. The number of aliphatic hydroxyl groups excluding tert-OH is 1. The van der Waals surface area contributed by atoms with Crippen molar-refractivity contribution >= 4 is 35.2 Å². The van der Waals surface area contributed by atoms with E-state index in [2.05, 4.69) is 10.3 Å². The Bertz CT molecular complexity index is 959. The largest absolute Gasteiger partial charge is 0.462 e. The molecule has 1 aromatic heterocycles. The maximum atomic E-state index is 12.2. The topological polar surface area (TPSA) is 109 Å². The quantitative estimate of drug-likeness (QED) is 0.500. The molecular formula is C20H19N3O5S. The molecule has 0 saturated heterocycles. The first-order valence-corrected chi connectivity index (χ1v) is 9.70. The molecule has 1 aliphatic heterocycles. The van der Waals surface area contributed by atoms with Gasteiger partial charge in [-0.3, -0.25) is 14.5 Å². The van der Waals surface area contributed by atoms with Gasteiger partial charge in [-0.1, -0.05) is 11.8 Å². The number of amides is 2. The Morgan fingerprint density at radius 2 is 2.00 bits per heavy atom. The van der Waals surface area contributed by atoms with Crippen LogP contribution < -0.4 is 5.32 Å². The fourth-order valence-corrected chi connectivity index (χ4v) is 3.41. The first-order valence-electron chi connectivity index (χ1n) is 8.88. The van der Waals surface area contributed by atoms with Crippen LogP contribution in [0.15, 0.2) is 64.3 Å². The molecule has 8 nitrogen and oxygen atoms in total. The molecule has 0 bridgehead atoms. The van der Waals surface area contributed by atoms with Gasteiger partial charge in [-0.25, -0.2) is 9.78 Å². The van der Waals surface area contributed by atoms with Crippen molar-refractivity contribution < 1.29 is 24.2 Å². The second-order valence-electron chi connectivity index (χ2n) is 5.93. The summed E-state index contributed by atoms with van der Waals surface area (Å²) in [5.74, 6) is -1.32. The molecule has 29 heavy (non-hydrogen) atoms. The standard InChI is InChI=1S/C20H19N3O5S/c1-2-28-20(27)13-7-8-21-17(11-13)29-15-5-3-14(4-6-15)22-16-12-18(25)23(9-10-24)19(16)26/h3-8,11-12,22,24H,2,9-10H2,1H3. The number of aliphatic hydroxyl groups is 1. The van der Waals surface area contributed by atoms with Crippen LogP contribution in [0.3, 0.4) is 0 Å². The zero-order chi connectivity index (χ0) is 20.8. The Morgan fingerprint density at radius 1 is 1.24 bits per heavy atom. The Hall–Kier alpha value is -3.17. The lowest BCUT2D eigenvalue weighted by Gasteiger charge is -2.13. The van der Waals surface area contributed by atoms with Gasteiger partial charge in [0.1, 0.15) is 10.7 Å². The number of pyridine rings is 1. The predicted molar refractivity (Wildman–Crippen MR) is 106 cm³/mol. The van der Waals surface area contributed by atoms with Crippen molar-refractivity contribution in [2.45, 2.75) is 16.8 Å². The summed E-state index contributed by atoms with van der Waals surface area (Å²) in [6, 6.07) is 10.5. The number of hydrogen-bond donors (Lipinski definition) is 2. The van der Waals surface area contributed by atoms with E-state index < -0.39 is 17.8 Å². The number of carbonyl (C=O) groups is 3. The molecule has 2 aromatic rings. The lowest BCUT2D eigenvalue weighted by molar-refractivity contribution is -0.137. The van der Waals surface area contributed by atoms with Crippen LogP contribution in [0.4, 0.5) is 5.69 Å². The van der Waals surface area contributed by atoms with Crippen LogP contribution in [-0.2, 0) is 14.3 Å². The fraction of sp³-hybridized carbons (Fsp3) is 0.200. The third-order valence-electron chi connectivity index (χ3n) is 3.93. The van der Waals surface area contributed by atoms with Gasteiger partial charge in [-0.15, -0.1) is 0 Å². The first kappa shape index (κ1) is 20.6. The second-order valence-corrected chi connectivity index (χ2v) is 7.03. The summed E-state index contributed by atoms with van der Waals surface area (Å²) in [5, 5.41) is 12.5. The van der Waals surface area contributed by atoms with Crippen LogP contribution in [-0.4, -0.2) is 52.5 Å². The number of benzene rings is 1. The number of ether oxygens (including phenoxy) is 1. The van der Waals surface area contributed by atoms with Crippen molar-refractivity contribution in [1.29, 1.82) is 0 Å². The van der Waals surface area contributed by atoms with Crippen LogP contribution in [0.25, 0.3) is 0 Å². The number of esters is 1. The molecule has 1 aliphatic rings. The van der Waals surface area contributed by atoms with Crippen molar-refractivity contribution in [3.05, 3.63) is 59.9 Å². The highest BCUT2D eigenvalue weighted by molar-refractivity contribution is 7.99. The minimum absolute atomic E-state index is 0.0349. The Balaban J connectivity index is 1.65. The highest BCUT2D eigenvalue weighted by Crippen LogP contribution is 2.28. The van der Waals surface area contributed by atoms with Gasteiger partial charge in [0.2, 0.25) is 0 Å². The summed E-state index contributed by atoms with van der Waals surface area (Å²) >= 11 is 1.38. The summed E-state index contributed by atoms with van der Waals surface area (Å²) in [4.78, 5) is 41.9. The van der Waals surface area contributed by atoms with E-state index in [1.807, 2.05) is 12.1 Å². The van der Waals surface area contributed by atoms with Gasteiger partial charge < -0.3 is 15.2 Å². The van der Waals surface area contributed by atoms with Crippen LogP contribution in [0.5, 0.6) is 0 Å². The Kier molecular flexibility index (Phi) is 6.63. The van der Waals surface area contributed by atoms with Crippen LogP contribution in [0.2, 0.25) is 0 Å². The minimum atomic E-state index is -0.470. The molecule has 150 valence electrons. The molecule has 0 aliphatic carbocycles. The maximum Gasteiger partial charge on any atom is 0.338 e. The third-order valence-corrected chi connectivity index (χ3v) is 4.88. The summed E-state index contributed by atoms with van der Waals surface area (Å²) in [6.07, 6.45) is 2.77.